The summed E-state index contributed by atoms with van der Waals surface area (Å²) < 4.78 is 10.4. The molecule has 20 heavy (non-hydrogen) atoms. The van der Waals surface area contributed by atoms with Gasteiger partial charge in [-0.15, -0.1) is 0 Å². The molecule has 5 nitrogen and oxygen atoms in total. The lowest BCUT2D eigenvalue weighted by molar-refractivity contribution is -0.140. The van der Waals surface area contributed by atoms with E-state index in [0.29, 0.717) is 12.4 Å². The highest BCUT2D eigenvalue weighted by Gasteiger charge is 1.97. The molecular formula is C15H19NO4. The zero-order chi connectivity index (χ0) is 15.0. The maximum absolute atomic E-state index is 10.9. The van der Waals surface area contributed by atoms with Crippen molar-refractivity contribution in [1.82, 2.24) is 0 Å². The highest BCUT2D eigenvalue weighted by molar-refractivity contribution is 5.88. The number of ether oxygens (including phenoxy) is 2. The lowest BCUT2D eigenvalue weighted by Gasteiger charge is -2.06. The summed E-state index contributed by atoms with van der Waals surface area (Å²) in [4.78, 5) is 21.5. The molecule has 0 atom stereocenters. The number of esters is 1. The Balaban J connectivity index is 2.40. The summed E-state index contributed by atoms with van der Waals surface area (Å²) >= 11 is 0. The van der Waals surface area contributed by atoms with Gasteiger partial charge < -0.3 is 14.8 Å². The lowest BCUT2D eigenvalue weighted by Crippen LogP contribution is -2.05. The van der Waals surface area contributed by atoms with Crippen LogP contribution >= 0.6 is 0 Å². The molecule has 0 spiro atoms. The number of amides is 1. The van der Waals surface area contributed by atoms with Crippen molar-refractivity contribution in [2.75, 3.05) is 18.5 Å². The molecule has 5 heteroatoms. The maximum Gasteiger partial charge on any atom is 0.302 e. The molecule has 0 unspecified atom stereocenters. The van der Waals surface area contributed by atoms with Crippen molar-refractivity contribution in [1.29, 1.82) is 0 Å². The van der Waals surface area contributed by atoms with Gasteiger partial charge in [0.1, 0.15) is 19.0 Å². The number of carbonyl (C=O) groups is 2. The first-order valence-electron chi connectivity index (χ1n) is 6.27. The van der Waals surface area contributed by atoms with Crippen LogP contribution in [0.3, 0.4) is 0 Å². The van der Waals surface area contributed by atoms with Gasteiger partial charge in [-0.25, -0.2) is 0 Å². The van der Waals surface area contributed by atoms with Crippen LogP contribution in [0.5, 0.6) is 5.75 Å². The van der Waals surface area contributed by atoms with Gasteiger partial charge in [0.2, 0.25) is 5.91 Å². The first-order chi connectivity index (χ1) is 9.47. The SMILES string of the molecule is CC(=O)Nc1ccc(OCC=C(C)COC(C)=O)cc1. The van der Waals surface area contributed by atoms with Crippen LogP contribution in [0.25, 0.3) is 0 Å². The Morgan fingerprint density at radius 3 is 2.35 bits per heavy atom. The fourth-order valence-electron chi connectivity index (χ4n) is 1.39. The van der Waals surface area contributed by atoms with Gasteiger partial charge in [0.05, 0.1) is 0 Å². The molecule has 0 aliphatic rings. The van der Waals surface area contributed by atoms with Crippen LogP contribution < -0.4 is 10.1 Å². The Hall–Kier alpha value is -2.30. The van der Waals surface area contributed by atoms with E-state index in [0.717, 1.165) is 11.3 Å². The Morgan fingerprint density at radius 1 is 1.15 bits per heavy atom. The summed E-state index contributed by atoms with van der Waals surface area (Å²) in [6.45, 7) is 5.38. The molecule has 1 rings (SSSR count). The molecule has 0 aliphatic heterocycles. The van der Waals surface area contributed by atoms with E-state index < -0.39 is 0 Å². The normalized spacial score (nSPS) is 10.8. The van der Waals surface area contributed by atoms with Gasteiger partial charge >= 0.3 is 5.97 Å². The number of carbonyl (C=O) groups excluding carboxylic acids is 2. The molecule has 0 aliphatic carbocycles. The summed E-state index contributed by atoms with van der Waals surface area (Å²) in [5.41, 5.74) is 1.65. The molecule has 0 saturated heterocycles. The molecule has 1 aromatic carbocycles. The standard InChI is InChI=1S/C15H19NO4/c1-11(10-20-13(3)18)8-9-19-15-6-4-14(5-7-15)16-12(2)17/h4-8H,9-10H2,1-3H3,(H,16,17). The average molecular weight is 277 g/mol. The third-order valence-corrected chi connectivity index (χ3v) is 2.36. The zero-order valence-corrected chi connectivity index (χ0v) is 11.9. The predicted molar refractivity (Wildman–Crippen MR) is 76.6 cm³/mol. The van der Waals surface area contributed by atoms with E-state index in [1.807, 2.05) is 13.0 Å². The quantitative estimate of drug-likeness (QED) is 0.641. The number of anilines is 1. The third kappa shape index (κ3) is 6.58. The highest BCUT2D eigenvalue weighted by Crippen LogP contribution is 2.15. The minimum Gasteiger partial charge on any atom is -0.490 e. The zero-order valence-electron chi connectivity index (χ0n) is 11.9. The molecular weight excluding hydrogens is 258 g/mol. The van der Waals surface area contributed by atoms with Gasteiger partial charge in [-0.1, -0.05) is 0 Å². The fraction of sp³-hybridized carbons (Fsp3) is 0.333. The van der Waals surface area contributed by atoms with E-state index in [-0.39, 0.29) is 18.5 Å². The van der Waals surface area contributed by atoms with E-state index in [1.165, 1.54) is 13.8 Å². The number of hydrogen-bond donors (Lipinski definition) is 1. The average Bonchev–Trinajstić information content (AvgIpc) is 2.38. The summed E-state index contributed by atoms with van der Waals surface area (Å²) in [5.74, 6) is 0.297. The molecule has 0 bridgehead atoms. The first kappa shape index (κ1) is 15.8. The van der Waals surface area contributed by atoms with Crippen LogP contribution in [0.1, 0.15) is 20.8 Å². The summed E-state index contributed by atoms with van der Waals surface area (Å²) in [7, 11) is 0. The van der Waals surface area contributed by atoms with Crippen molar-refractivity contribution in [3.63, 3.8) is 0 Å². The lowest BCUT2D eigenvalue weighted by atomic mass is 10.3. The predicted octanol–water partition coefficient (Wildman–Crippen LogP) is 2.53. The number of rotatable bonds is 6. The van der Waals surface area contributed by atoms with Crippen molar-refractivity contribution in [2.24, 2.45) is 0 Å². The fourth-order valence-corrected chi connectivity index (χ4v) is 1.39. The van der Waals surface area contributed by atoms with Crippen LogP contribution in [0.2, 0.25) is 0 Å². The monoisotopic (exact) mass is 277 g/mol. The largest absolute Gasteiger partial charge is 0.490 e. The molecule has 0 fully saturated rings. The number of benzene rings is 1. The third-order valence-electron chi connectivity index (χ3n) is 2.36. The Kier molecular flexibility index (Phi) is 6.29. The Morgan fingerprint density at radius 2 is 1.80 bits per heavy atom. The van der Waals surface area contributed by atoms with Crippen molar-refractivity contribution in [3.05, 3.63) is 35.9 Å². The van der Waals surface area contributed by atoms with Crippen LogP contribution in [0.4, 0.5) is 5.69 Å². The second-order valence-electron chi connectivity index (χ2n) is 4.35. The summed E-state index contributed by atoms with van der Waals surface area (Å²) in [6.07, 6.45) is 1.85. The second-order valence-corrected chi connectivity index (χ2v) is 4.35. The van der Waals surface area contributed by atoms with Crippen molar-refractivity contribution in [2.45, 2.75) is 20.8 Å². The van der Waals surface area contributed by atoms with Crippen molar-refractivity contribution >= 4 is 17.6 Å². The van der Waals surface area contributed by atoms with Crippen LogP contribution in [-0.4, -0.2) is 25.1 Å². The molecule has 0 heterocycles. The van der Waals surface area contributed by atoms with Gasteiger partial charge in [-0.05, 0) is 42.8 Å². The highest BCUT2D eigenvalue weighted by atomic mass is 16.5. The summed E-state index contributed by atoms with van der Waals surface area (Å²) in [6, 6.07) is 7.10. The topological polar surface area (TPSA) is 64.6 Å². The Bertz CT molecular complexity index is 491. The molecule has 0 saturated carbocycles. The van der Waals surface area contributed by atoms with E-state index in [2.05, 4.69) is 5.32 Å². The molecule has 1 amide bonds. The minimum absolute atomic E-state index is 0.109. The number of hydrogen-bond acceptors (Lipinski definition) is 4. The van der Waals surface area contributed by atoms with Crippen LogP contribution in [0, 0.1) is 0 Å². The maximum atomic E-state index is 10.9. The van der Waals surface area contributed by atoms with E-state index >= 15 is 0 Å². The van der Waals surface area contributed by atoms with Gasteiger partial charge in [0.15, 0.2) is 0 Å². The second kappa shape index (κ2) is 7.99. The van der Waals surface area contributed by atoms with Gasteiger partial charge in [0, 0.05) is 19.5 Å². The van der Waals surface area contributed by atoms with Crippen LogP contribution in [-0.2, 0) is 14.3 Å². The van der Waals surface area contributed by atoms with Gasteiger partial charge in [-0.2, -0.15) is 0 Å². The molecule has 1 aromatic rings. The summed E-state index contributed by atoms with van der Waals surface area (Å²) in [5, 5.41) is 2.68. The van der Waals surface area contributed by atoms with E-state index in [9.17, 15) is 9.59 Å². The van der Waals surface area contributed by atoms with Crippen molar-refractivity contribution < 1.29 is 19.1 Å². The Labute approximate surface area is 118 Å². The first-order valence-corrected chi connectivity index (χ1v) is 6.27. The smallest absolute Gasteiger partial charge is 0.302 e. The van der Waals surface area contributed by atoms with E-state index in [1.54, 1.807) is 24.3 Å². The molecule has 108 valence electrons. The minimum atomic E-state index is -0.299. The molecule has 0 radical (unpaired) electrons. The molecule has 0 aromatic heterocycles. The van der Waals surface area contributed by atoms with Gasteiger partial charge in [-0.3, -0.25) is 9.59 Å². The van der Waals surface area contributed by atoms with Crippen LogP contribution in [0.15, 0.2) is 35.9 Å². The van der Waals surface area contributed by atoms with E-state index in [4.69, 9.17) is 9.47 Å². The number of nitrogens with one attached hydrogen (secondary N) is 1. The molecule has 1 N–H and O–H groups in total. The van der Waals surface area contributed by atoms with Crippen molar-refractivity contribution in [3.8, 4) is 5.75 Å². The van der Waals surface area contributed by atoms with Gasteiger partial charge in [0.25, 0.3) is 0 Å².